The average molecular weight is 242 g/mol. The van der Waals surface area contributed by atoms with E-state index in [0.717, 1.165) is 13.1 Å². The minimum absolute atomic E-state index is 0.931. The van der Waals surface area contributed by atoms with Crippen LogP contribution in [-0.4, -0.2) is 11.1 Å². The molecule has 2 rings (SSSR count). The van der Waals surface area contributed by atoms with E-state index in [0.29, 0.717) is 0 Å². The maximum Gasteiger partial charge on any atom is 0.0453 e. The smallest absolute Gasteiger partial charge is 0.0453 e. The van der Waals surface area contributed by atoms with E-state index in [2.05, 4.69) is 66.3 Å². The van der Waals surface area contributed by atoms with Gasteiger partial charge in [0, 0.05) is 24.1 Å². The van der Waals surface area contributed by atoms with Crippen molar-refractivity contribution < 1.29 is 0 Å². The molecule has 0 amide bonds. The van der Waals surface area contributed by atoms with Gasteiger partial charge in [-0.15, -0.1) is 0 Å². The van der Waals surface area contributed by atoms with Crippen LogP contribution in [0.4, 0.5) is 0 Å². The summed E-state index contributed by atoms with van der Waals surface area (Å²) in [5, 5.41) is 3.49. The van der Waals surface area contributed by atoms with Crippen molar-refractivity contribution in [1.82, 2.24) is 9.88 Å². The predicted molar refractivity (Wildman–Crippen MR) is 77.1 cm³/mol. The molecule has 0 saturated carbocycles. The molecule has 18 heavy (non-hydrogen) atoms. The summed E-state index contributed by atoms with van der Waals surface area (Å²) in [4.78, 5) is 0. The quantitative estimate of drug-likeness (QED) is 0.765. The van der Waals surface area contributed by atoms with E-state index in [-0.39, 0.29) is 0 Å². The van der Waals surface area contributed by atoms with Gasteiger partial charge in [-0.2, -0.15) is 0 Å². The van der Waals surface area contributed by atoms with Gasteiger partial charge < -0.3 is 9.88 Å². The Labute approximate surface area is 110 Å². The lowest BCUT2D eigenvalue weighted by molar-refractivity contribution is 0.627. The van der Waals surface area contributed by atoms with Gasteiger partial charge in [0.05, 0.1) is 0 Å². The molecule has 1 aromatic heterocycles. The lowest BCUT2D eigenvalue weighted by Crippen LogP contribution is -2.16. The first kappa shape index (κ1) is 12.9. The van der Waals surface area contributed by atoms with Crippen LogP contribution in [-0.2, 0) is 6.54 Å². The molecule has 2 nitrogen and oxygen atoms in total. The van der Waals surface area contributed by atoms with Crippen LogP contribution in [0, 0.1) is 6.92 Å². The Hall–Kier alpha value is -1.54. The fourth-order valence-corrected chi connectivity index (χ4v) is 2.04. The summed E-state index contributed by atoms with van der Waals surface area (Å²) < 4.78 is 2.25. The highest BCUT2D eigenvalue weighted by molar-refractivity contribution is 5.37. The molecular formula is C16H22N2. The van der Waals surface area contributed by atoms with Crippen molar-refractivity contribution in [3.05, 3.63) is 53.9 Å². The van der Waals surface area contributed by atoms with Crippen LogP contribution in [0.1, 0.15) is 31.0 Å². The van der Waals surface area contributed by atoms with Crippen LogP contribution in [0.5, 0.6) is 0 Å². The van der Waals surface area contributed by atoms with E-state index in [1.54, 1.807) is 0 Å². The number of nitrogens with zero attached hydrogens (tertiary/aromatic N) is 1. The topological polar surface area (TPSA) is 17.0 Å². The number of aromatic nitrogens is 1. The summed E-state index contributed by atoms with van der Waals surface area (Å²) >= 11 is 0. The predicted octanol–water partition coefficient (Wildman–Crippen LogP) is 3.68. The van der Waals surface area contributed by atoms with Crippen molar-refractivity contribution in [3.8, 4) is 5.69 Å². The number of hydrogen-bond acceptors (Lipinski definition) is 1. The zero-order valence-corrected chi connectivity index (χ0v) is 11.3. The van der Waals surface area contributed by atoms with Crippen molar-refractivity contribution in [2.24, 2.45) is 0 Å². The number of hydrogen-bond donors (Lipinski definition) is 1. The lowest BCUT2D eigenvalue weighted by atomic mass is 10.2. The van der Waals surface area contributed by atoms with Crippen LogP contribution < -0.4 is 5.32 Å². The van der Waals surface area contributed by atoms with Gasteiger partial charge in [0.15, 0.2) is 0 Å². The number of rotatable bonds is 6. The van der Waals surface area contributed by atoms with Crippen LogP contribution in [0.3, 0.4) is 0 Å². The maximum absolute atomic E-state index is 3.49. The van der Waals surface area contributed by atoms with Gasteiger partial charge in [0.2, 0.25) is 0 Å². The molecule has 0 bridgehead atoms. The average Bonchev–Trinajstić information content (AvgIpc) is 2.84. The van der Waals surface area contributed by atoms with E-state index in [1.165, 1.54) is 29.8 Å². The molecule has 96 valence electrons. The highest BCUT2D eigenvalue weighted by Crippen LogP contribution is 2.13. The lowest BCUT2D eigenvalue weighted by Gasteiger charge is -2.10. The Morgan fingerprint density at radius 1 is 1.11 bits per heavy atom. The summed E-state index contributed by atoms with van der Waals surface area (Å²) in [6.45, 7) is 6.36. The van der Waals surface area contributed by atoms with Gasteiger partial charge in [-0.05, 0) is 44.2 Å². The summed E-state index contributed by atoms with van der Waals surface area (Å²) in [6.07, 6.45) is 4.61. The standard InChI is InChI=1S/C16H22N2/c1-3-4-11-17-13-16-6-5-12-18(16)15-9-7-14(2)8-10-15/h5-10,12,17H,3-4,11,13H2,1-2H3. The first-order valence-corrected chi connectivity index (χ1v) is 6.75. The monoisotopic (exact) mass is 242 g/mol. The molecule has 0 aliphatic rings. The molecule has 0 spiro atoms. The minimum atomic E-state index is 0.931. The third kappa shape index (κ3) is 3.23. The Kier molecular flexibility index (Phi) is 4.59. The summed E-state index contributed by atoms with van der Waals surface area (Å²) in [6, 6.07) is 12.9. The first-order valence-electron chi connectivity index (χ1n) is 6.75. The minimum Gasteiger partial charge on any atom is -0.320 e. The summed E-state index contributed by atoms with van der Waals surface area (Å²) in [7, 11) is 0. The molecular weight excluding hydrogens is 220 g/mol. The molecule has 1 N–H and O–H groups in total. The Morgan fingerprint density at radius 3 is 2.61 bits per heavy atom. The van der Waals surface area contributed by atoms with Gasteiger partial charge in [-0.25, -0.2) is 0 Å². The van der Waals surface area contributed by atoms with Crippen LogP contribution in [0.25, 0.3) is 5.69 Å². The normalized spacial score (nSPS) is 10.8. The molecule has 0 unspecified atom stereocenters. The first-order chi connectivity index (χ1) is 8.81. The van der Waals surface area contributed by atoms with E-state index in [1.807, 2.05) is 0 Å². The van der Waals surface area contributed by atoms with Crippen LogP contribution in [0.2, 0.25) is 0 Å². The second-order valence-electron chi connectivity index (χ2n) is 4.74. The van der Waals surface area contributed by atoms with E-state index >= 15 is 0 Å². The largest absolute Gasteiger partial charge is 0.320 e. The Bertz CT molecular complexity index is 468. The van der Waals surface area contributed by atoms with Gasteiger partial charge in [0.1, 0.15) is 0 Å². The van der Waals surface area contributed by atoms with Crippen molar-refractivity contribution in [2.75, 3.05) is 6.54 Å². The molecule has 0 fully saturated rings. The zero-order valence-electron chi connectivity index (χ0n) is 11.3. The highest BCUT2D eigenvalue weighted by atomic mass is 15.0. The molecule has 2 aromatic rings. The number of unbranched alkanes of at least 4 members (excludes halogenated alkanes) is 1. The molecule has 0 atom stereocenters. The number of nitrogens with one attached hydrogen (secondary N) is 1. The van der Waals surface area contributed by atoms with Gasteiger partial charge in [-0.3, -0.25) is 0 Å². The second-order valence-corrected chi connectivity index (χ2v) is 4.74. The second kappa shape index (κ2) is 6.41. The molecule has 0 radical (unpaired) electrons. The van der Waals surface area contributed by atoms with E-state index < -0.39 is 0 Å². The zero-order chi connectivity index (χ0) is 12.8. The molecule has 0 aliphatic carbocycles. The summed E-state index contributed by atoms with van der Waals surface area (Å²) in [5.41, 5.74) is 3.85. The van der Waals surface area contributed by atoms with Crippen molar-refractivity contribution in [1.29, 1.82) is 0 Å². The van der Waals surface area contributed by atoms with Crippen LogP contribution >= 0.6 is 0 Å². The van der Waals surface area contributed by atoms with E-state index in [4.69, 9.17) is 0 Å². The van der Waals surface area contributed by atoms with Crippen molar-refractivity contribution >= 4 is 0 Å². The molecule has 1 aromatic carbocycles. The fourth-order valence-electron chi connectivity index (χ4n) is 2.04. The third-order valence-corrected chi connectivity index (χ3v) is 3.16. The van der Waals surface area contributed by atoms with E-state index in [9.17, 15) is 0 Å². The maximum atomic E-state index is 3.49. The molecule has 2 heteroatoms. The number of benzene rings is 1. The molecule has 0 saturated heterocycles. The van der Waals surface area contributed by atoms with Gasteiger partial charge in [-0.1, -0.05) is 31.0 Å². The molecule has 1 heterocycles. The third-order valence-electron chi connectivity index (χ3n) is 3.16. The van der Waals surface area contributed by atoms with Gasteiger partial charge >= 0.3 is 0 Å². The Balaban J connectivity index is 2.05. The molecule has 0 aliphatic heterocycles. The van der Waals surface area contributed by atoms with Crippen molar-refractivity contribution in [2.45, 2.75) is 33.2 Å². The highest BCUT2D eigenvalue weighted by Gasteiger charge is 2.02. The van der Waals surface area contributed by atoms with Gasteiger partial charge in [0.25, 0.3) is 0 Å². The Morgan fingerprint density at radius 2 is 1.89 bits per heavy atom. The fraction of sp³-hybridized carbons (Fsp3) is 0.375. The number of aryl methyl sites for hydroxylation is 1. The summed E-state index contributed by atoms with van der Waals surface area (Å²) in [5.74, 6) is 0. The van der Waals surface area contributed by atoms with Crippen LogP contribution in [0.15, 0.2) is 42.6 Å². The SMILES string of the molecule is CCCCNCc1cccn1-c1ccc(C)cc1. The van der Waals surface area contributed by atoms with Crippen molar-refractivity contribution in [3.63, 3.8) is 0 Å².